The van der Waals surface area contributed by atoms with E-state index >= 15 is 0 Å². The number of aryl methyl sites for hydroxylation is 2. The topological polar surface area (TPSA) is 93.3 Å². The maximum absolute atomic E-state index is 12.5. The van der Waals surface area contributed by atoms with Crippen LogP contribution in [-0.2, 0) is 21.8 Å². The van der Waals surface area contributed by atoms with Crippen molar-refractivity contribution in [3.63, 3.8) is 0 Å². The van der Waals surface area contributed by atoms with Crippen LogP contribution in [0.2, 0.25) is 0 Å². The molecule has 1 aromatic carbocycles. The highest BCUT2D eigenvalue weighted by Gasteiger charge is 2.16. The lowest BCUT2D eigenvalue weighted by atomic mass is 10.2. The van der Waals surface area contributed by atoms with E-state index in [1.807, 2.05) is 45.0 Å². The first kappa shape index (κ1) is 23.3. The van der Waals surface area contributed by atoms with Crippen molar-refractivity contribution in [3.05, 3.63) is 56.4 Å². The Bertz CT molecular complexity index is 1110. The number of carbonyl (C=O) groups excluding carboxylic acids is 1. The first-order chi connectivity index (χ1) is 14.9. The number of rotatable bonds is 10. The van der Waals surface area contributed by atoms with Gasteiger partial charge >= 0.3 is 0 Å². The number of ether oxygens (including phenoxy) is 2. The second-order valence-electron chi connectivity index (χ2n) is 7.14. The van der Waals surface area contributed by atoms with Crippen molar-refractivity contribution in [1.29, 1.82) is 0 Å². The van der Waals surface area contributed by atoms with Gasteiger partial charge in [0.2, 0.25) is 5.91 Å². The van der Waals surface area contributed by atoms with Crippen molar-refractivity contribution in [2.75, 3.05) is 20.3 Å². The van der Waals surface area contributed by atoms with Gasteiger partial charge in [-0.2, -0.15) is 0 Å². The number of hydrogen-bond donors (Lipinski definition) is 2. The minimum atomic E-state index is -0.283. The molecule has 3 rings (SSSR count). The average molecular weight is 462 g/mol. The molecule has 0 saturated heterocycles. The van der Waals surface area contributed by atoms with Gasteiger partial charge < -0.3 is 19.8 Å². The molecule has 1 unspecified atom stereocenters. The SMILES string of the molecule is COCCOc1cccc(CNC(=O)C(C)SCc2nc3sc(C)c(C)c3c(=O)[nH]2)c1. The summed E-state index contributed by atoms with van der Waals surface area (Å²) in [5.74, 6) is 1.72. The van der Waals surface area contributed by atoms with Gasteiger partial charge in [0.1, 0.15) is 23.0 Å². The fourth-order valence-electron chi connectivity index (χ4n) is 2.97. The maximum atomic E-state index is 12.5. The summed E-state index contributed by atoms with van der Waals surface area (Å²) in [6.45, 7) is 7.19. The van der Waals surface area contributed by atoms with E-state index in [0.29, 0.717) is 36.7 Å². The highest BCUT2D eigenvalue weighted by molar-refractivity contribution is 7.99. The molecule has 2 heterocycles. The Morgan fingerprint density at radius 3 is 2.90 bits per heavy atom. The van der Waals surface area contributed by atoms with E-state index < -0.39 is 0 Å². The molecule has 0 radical (unpaired) electrons. The van der Waals surface area contributed by atoms with Crippen LogP contribution in [0.15, 0.2) is 29.1 Å². The number of nitrogens with zero attached hydrogens (tertiary/aromatic N) is 1. The summed E-state index contributed by atoms with van der Waals surface area (Å²) in [7, 11) is 1.63. The molecule has 166 valence electrons. The van der Waals surface area contributed by atoms with Crippen LogP contribution in [0.4, 0.5) is 0 Å². The molecule has 7 nitrogen and oxygen atoms in total. The molecule has 1 atom stereocenters. The average Bonchev–Trinajstić information content (AvgIpc) is 3.04. The van der Waals surface area contributed by atoms with E-state index in [9.17, 15) is 9.59 Å². The Kier molecular flexibility index (Phi) is 8.11. The lowest BCUT2D eigenvalue weighted by Crippen LogP contribution is -2.30. The number of aromatic nitrogens is 2. The highest BCUT2D eigenvalue weighted by Crippen LogP contribution is 2.26. The molecule has 2 N–H and O–H groups in total. The van der Waals surface area contributed by atoms with Gasteiger partial charge in [-0.25, -0.2) is 4.98 Å². The van der Waals surface area contributed by atoms with Gasteiger partial charge in [0.05, 0.1) is 23.0 Å². The molecule has 0 aliphatic heterocycles. The van der Waals surface area contributed by atoms with E-state index in [0.717, 1.165) is 26.6 Å². The van der Waals surface area contributed by atoms with Gasteiger partial charge in [0, 0.05) is 18.5 Å². The fraction of sp³-hybridized carbons (Fsp3) is 0.409. The fourth-order valence-corrected chi connectivity index (χ4v) is 4.80. The lowest BCUT2D eigenvalue weighted by molar-refractivity contribution is -0.120. The molecular weight excluding hydrogens is 434 g/mol. The molecule has 0 aliphatic rings. The molecule has 0 spiro atoms. The molecule has 0 aliphatic carbocycles. The second kappa shape index (κ2) is 10.8. The molecule has 3 aromatic rings. The Morgan fingerprint density at radius 2 is 2.13 bits per heavy atom. The van der Waals surface area contributed by atoms with Gasteiger partial charge in [0.25, 0.3) is 5.56 Å². The quantitative estimate of drug-likeness (QED) is 0.449. The minimum Gasteiger partial charge on any atom is -0.491 e. The first-order valence-corrected chi connectivity index (χ1v) is 11.8. The summed E-state index contributed by atoms with van der Waals surface area (Å²) in [5, 5.41) is 3.33. The van der Waals surface area contributed by atoms with Crippen molar-refractivity contribution < 1.29 is 14.3 Å². The summed E-state index contributed by atoms with van der Waals surface area (Å²) in [6.07, 6.45) is 0. The number of thiophene rings is 1. The number of carbonyl (C=O) groups is 1. The zero-order valence-electron chi connectivity index (χ0n) is 18.1. The number of hydrogen-bond acceptors (Lipinski definition) is 7. The number of methoxy groups -OCH3 is 1. The minimum absolute atomic E-state index is 0.0676. The van der Waals surface area contributed by atoms with Gasteiger partial charge in [-0.15, -0.1) is 23.1 Å². The van der Waals surface area contributed by atoms with E-state index in [4.69, 9.17) is 9.47 Å². The predicted molar refractivity (Wildman–Crippen MR) is 126 cm³/mol. The van der Waals surface area contributed by atoms with Crippen LogP contribution in [0.5, 0.6) is 5.75 Å². The van der Waals surface area contributed by atoms with Crippen LogP contribution in [0.1, 0.15) is 28.8 Å². The molecule has 0 fully saturated rings. The molecule has 0 saturated carbocycles. The number of amides is 1. The monoisotopic (exact) mass is 461 g/mol. The van der Waals surface area contributed by atoms with Crippen LogP contribution >= 0.6 is 23.1 Å². The number of fused-ring (bicyclic) bond motifs is 1. The predicted octanol–water partition coefficient (Wildman–Crippen LogP) is 3.56. The van der Waals surface area contributed by atoms with Gasteiger partial charge in [-0.05, 0) is 44.0 Å². The van der Waals surface area contributed by atoms with Crippen LogP contribution in [0, 0.1) is 13.8 Å². The third kappa shape index (κ3) is 6.09. The van der Waals surface area contributed by atoms with Crippen LogP contribution in [-0.4, -0.2) is 41.4 Å². The summed E-state index contributed by atoms with van der Waals surface area (Å²) >= 11 is 2.96. The number of thioether (sulfide) groups is 1. The lowest BCUT2D eigenvalue weighted by Gasteiger charge is -2.12. The number of aromatic amines is 1. The molecular formula is C22H27N3O4S2. The summed E-state index contributed by atoms with van der Waals surface area (Å²) < 4.78 is 10.6. The Balaban J connectivity index is 1.52. The van der Waals surface area contributed by atoms with Crippen molar-refractivity contribution in [1.82, 2.24) is 15.3 Å². The normalized spacial score (nSPS) is 12.1. The molecule has 9 heteroatoms. The third-order valence-corrected chi connectivity index (χ3v) is 7.10. The second-order valence-corrected chi connectivity index (χ2v) is 9.67. The Labute approximate surface area is 189 Å². The van der Waals surface area contributed by atoms with Crippen molar-refractivity contribution in [2.45, 2.75) is 38.3 Å². The highest BCUT2D eigenvalue weighted by atomic mass is 32.2. The zero-order valence-corrected chi connectivity index (χ0v) is 19.7. The molecule has 0 bridgehead atoms. The smallest absolute Gasteiger partial charge is 0.259 e. The Morgan fingerprint density at radius 1 is 1.32 bits per heavy atom. The Hall–Kier alpha value is -2.36. The van der Waals surface area contributed by atoms with Gasteiger partial charge in [0.15, 0.2) is 0 Å². The largest absolute Gasteiger partial charge is 0.491 e. The van der Waals surface area contributed by atoms with E-state index in [1.165, 1.54) is 23.1 Å². The number of nitrogens with one attached hydrogen (secondary N) is 2. The van der Waals surface area contributed by atoms with E-state index in [1.54, 1.807) is 7.11 Å². The van der Waals surface area contributed by atoms with Crippen LogP contribution < -0.4 is 15.6 Å². The molecule has 31 heavy (non-hydrogen) atoms. The zero-order chi connectivity index (χ0) is 22.4. The van der Waals surface area contributed by atoms with Crippen molar-refractivity contribution in [2.24, 2.45) is 0 Å². The van der Waals surface area contributed by atoms with E-state index in [-0.39, 0.29) is 16.7 Å². The number of benzene rings is 1. The van der Waals surface area contributed by atoms with Gasteiger partial charge in [-0.1, -0.05) is 12.1 Å². The summed E-state index contributed by atoms with van der Waals surface area (Å²) in [4.78, 5) is 34.1. The van der Waals surface area contributed by atoms with Crippen LogP contribution in [0.3, 0.4) is 0 Å². The standard InChI is InChI=1S/C22H27N3O4S2/c1-13-14(2)31-22-19(13)21(27)24-18(25-22)12-30-15(3)20(26)23-11-16-6-5-7-17(10-16)29-9-8-28-4/h5-7,10,15H,8-9,11-12H2,1-4H3,(H,23,26)(H,24,25,27). The maximum Gasteiger partial charge on any atom is 0.259 e. The molecule has 2 aromatic heterocycles. The molecule has 1 amide bonds. The third-order valence-electron chi connectivity index (χ3n) is 4.85. The summed E-state index contributed by atoms with van der Waals surface area (Å²) in [5.41, 5.74) is 1.82. The van der Waals surface area contributed by atoms with Crippen molar-refractivity contribution in [3.8, 4) is 5.75 Å². The summed E-state index contributed by atoms with van der Waals surface area (Å²) in [6, 6.07) is 7.62. The van der Waals surface area contributed by atoms with E-state index in [2.05, 4.69) is 15.3 Å². The van der Waals surface area contributed by atoms with Gasteiger partial charge in [-0.3, -0.25) is 9.59 Å². The van der Waals surface area contributed by atoms with Crippen molar-refractivity contribution >= 4 is 39.2 Å². The van der Waals surface area contributed by atoms with Crippen LogP contribution in [0.25, 0.3) is 10.2 Å². The number of H-pyrrole nitrogens is 1. The first-order valence-electron chi connectivity index (χ1n) is 9.98.